The van der Waals surface area contributed by atoms with Gasteiger partial charge < -0.3 is 0 Å². The number of rotatable bonds is 4. The first-order valence-electron chi connectivity index (χ1n) is 7.57. The highest BCUT2D eigenvalue weighted by molar-refractivity contribution is 9.10. The van der Waals surface area contributed by atoms with Crippen molar-refractivity contribution in [2.24, 2.45) is 11.8 Å². The summed E-state index contributed by atoms with van der Waals surface area (Å²) >= 11 is 3.43. The Bertz CT molecular complexity index is 458. The summed E-state index contributed by atoms with van der Waals surface area (Å²) in [6.07, 6.45) is 3.75. The molecule has 1 aliphatic rings. The predicted octanol–water partition coefficient (Wildman–Crippen LogP) is 4.39. The second-order valence-corrected chi connectivity index (χ2v) is 7.06. The zero-order chi connectivity index (χ0) is 14.5. The normalized spacial score (nSPS) is 20.9. The number of ketones is 1. The first kappa shape index (κ1) is 15.7. The molecule has 1 aliphatic heterocycles. The van der Waals surface area contributed by atoms with E-state index in [1.807, 2.05) is 24.3 Å². The van der Waals surface area contributed by atoms with Gasteiger partial charge in [0.25, 0.3) is 0 Å². The summed E-state index contributed by atoms with van der Waals surface area (Å²) in [6.45, 7) is 7.30. The van der Waals surface area contributed by atoms with Gasteiger partial charge in [-0.25, -0.2) is 0 Å². The number of hydrogen-bond acceptors (Lipinski definition) is 2. The lowest BCUT2D eigenvalue weighted by Gasteiger charge is -2.20. The number of Topliss-reactive ketones (excluding diaryl/α,β-unsaturated/α-hetero) is 1. The van der Waals surface area contributed by atoms with Gasteiger partial charge in [0.2, 0.25) is 0 Å². The highest BCUT2D eigenvalue weighted by atomic mass is 79.9. The highest BCUT2D eigenvalue weighted by Gasteiger charge is 2.21. The van der Waals surface area contributed by atoms with Crippen LogP contribution in [0.1, 0.15) is 43.5 Å². The zero-order valence-electron chi connectivity index (χ0n) is 12.4. The van der Waals surface area contributed by atoms with E-state index in [1.165, 1.54) is 19.3 Å². The average molecular weight is 338 g/mol. The minimum absolute atomic E-state index is 0.231. The lowest BCUT2D eigenvalue weighted by Crippen LogP contribution is -2.31. The number of hydrogen-bond donors (Lipinski definition) is 0. The Kier molecular flexibility index (Phi) is 5.79. The summed E-state index contributed by atoms with van der Waals surface area (Å²) in [5.41, 5.74) is 0.809. The fraction of sp³-hybridized carbons (Fsp3) is 0.588. The molecule has 0 aromatic heterocycles. The van der Waals surface area contributed by atoms with E-state index in [1.54, 1.807) is 0 Å². The van der Waals surface area contributed by atoms with Crippen LogP contribution in [0.5, 0.6) is 0 Å². The Labute approximate surface area is 130 Å². The minimum Gasteiger partial charge on any atom is -0.296 e. The number of likely N-dealkylation sites (tertiary alicyclic amines) is 1. The lowest BCUT2D eigenvalue weighted by molar-refractivity contribution is 0.0931. The van der Waals surface area contributed by atoms with Crippen molar-refractivity contribution in [1.29, 1.82) is 0 Å². The van der Waals surface area contributed by atoms with Crippen LogP contribution in [0.3, 0.4) is 0 Å². The van der Waals surface area contributed by atoms with Gasteiger partial charge >= 0.3 is 0 Å². The van der Waals surface area contributed by atoms with E-state index in [0.29, 0.717) is 6.54 Å². The van der Waals surface area contributed by atoms with E-state index < -0.39 is 0 Å². The van der Waals surface area contributed by atoms with Gasteiger partial charge in [0.1, 0.15) is 0 Å². The molecule has 0 aliphatic carbocycles. The molecule has 2 nitrogen and oxygen atoms in total. The van der Waals surface area contributed by atoms with Crippen molar-refractivity contribution in [2.75, 3.05) is 19.6 Å². The number of carbonyl (C=O) groups excluding carboxylic acids is 1. The van der Waals surface area contributed by atoms with Crippen molar-refractivity contribution in [3.63, 3.8) is 0 Å². The summed E-state index contributed by atoms with van der Waals surface area (Å²) in [5, 5.41) is 0. The predicted molar refractivity (Wildman–Crippen MR) is 87.1 cm³/mol. The summed E-state index contributed by atoms with van der Waals surface area (Å²) in [5.74, 6) is 1.81. The highest BCUT2D eigenvalue weighted by Crippen LogP contribution is 2.24. The van der Waals surface area contributed by atoms with Gasteiger partial charge in [0.05, 0.1) is 6.54 Å². The minimum atomic E-state index is 0.231. The monoisotopic (exact) mass is 337 g/mol. The topological polar surface area (TPSA) is 20.3 Å². The van der Waals surface area contributed by atoms with Crippen LogP contribution in [0.25, 0.3) is 0 Å². The maximum atomic E-state index is 12.3. The van der Waals surface area contributed by atoms with Gasteiger partial charge in [-0.1, -0.05) is 41.9 Å². The van der Waals surface area contributed by atoms with Crippen LogP contribution < -0.4 is 0 Å². The maximum Gasteiger partial charge on any atom is 0.176 e. The van der Waals surface area contributed by atoms with Gasteiger partial charge in [-0.2, -0.15) is 0 Å². The molecule has 0 spiro atoms. The molecule has 1 heterocycles. The standard InChI is InChI=1S/C17H24BrNO/c1-13(2)14-6-4-9-19(10-8-14)12-17(20)15-5-3-7-16(18)11-15/h3,5,7,11,13-14H,4,6,8-10,12H2,1-2H3. The molecule has 20 heavy (non-hydrogen) atoms. The molecule has 1 fully saturated rings. The van der Waals surface area contributed by atoms with E-state index in [-0.39, 0.29) is 5.78 Å². The largest absolute Gasteiger partial charge is 0.296 e. The molecule has 1 saturated heterocycles. The number of halogens is 1. The summed E-state index contributed by atoms with van der Waals surface area (Å²) in [7, 11) is 0. The second-order valence-electron chi connectivity index (χ2n) is 6.14. The molecule has 1 aromatic carbocycles. The third-order valence-electron chi connectivity index (χ3n) is 4.32. The molecule has 0 amide bonds. The molecule has 1 atom stereocenters. The Morgan fingerprint density at radius 2 is 2.15 bits per heavy atom. The molecule has 1 aromatic rings. The van der Waals surface area contributed by atoms with Crippen molar-refractivity contribution in [3.05, 3.63) is 34.3 Å². The van der Waals surface area contributed by atoms with E-state index in [0.717, 1.165) is 35.0 Å². The Hall–Kier alpha value is -0.670. The summed E-state index contributed by atoms with van der Waals surface area (Å²) < 4.78 is 0.971. The lowest BCUT2D eigenvalue weighted by atomic mass is 9.89. The van der Waals surface area contributed by atoms with Crippen LogP contribution in [-0.4, -0.2) is 30.3 Å². The van der Waals surface area contributed by atoms with Crippen molar-refractivity contribution in [3.8, 4) is 0 Å². The van der Waals surface area contributed by atoms with E-state index in [2.05, 4.69) is 34.7 Å². The Morgan fingerprint density at radius 1 is 1.35 bits per heavy atom. The van der Waals surface area contributed by atoms with E-state index in [4.69, 9.17) is 0 Å². The number of nitrogens with zero attached hydrogens (tertiary/aromatic N) is 1. The van der Waals surface area contributed by atoms with Crippen LogP contribution in [-0.2, 0) is 0 Å². The molecular weight excluding hydrogens is 314 g/mol. The summed E-state index contributed by atoms with van der Waals surface area (Å²) in [6, 6.07) is 7.70. The van der Waals surface area contributed by atoms with Crippen molar-refractivity contribution < 1.29 is 4.79 Å². The van der Waals surface area contributed by atoms with Crippen LogP contribution in [0, 0.1) is 11.8 Å². The first-order chi connectivity index (χ1) is 9.56. The SMILES string of the molecule is CC(C)C1CCCN(CC(=O)c2cccc(Br)c2)CC1. The molecule has 110 valence electrons. The maximum absolute atomic E-state index is 12.3. The average Bonchev–Trinajstić information content (AvgIpc) is 2.64. The Morgan fingerprint density at radius 3 is 2.85 bits per heavy atom. The third-order valence-corrected chi connectivity index (χ3v) is 4.82. The summed E-state index contributed by atoms with van der Waals surface area (Å²) in [4.78, 5) is 14.7. The van der Waals surface area contributed by atoms with Crippen molar-refractivity contribution in [2.45, 2.75) is 33.1 Å². The molecule has 2 rings (SSSR count). The molecular formula is C17H24BrNO. The molecule has 0 saturated carbocycles. The van der Waals surface area contributed by atoms with Crippen LogP contribution >= 0.6 is 15.9 Å². The van der Waals surface area contributed by atoms with Crippen LogP contribution in [0.2, 0.25) is 0 Å². The third kappa shape index (κ3) is 4.42. The van der Waals surface area contributed by atoms with E-state index >= 15 is 0 Å². The van der Waals surface area contributed by atoms with Crippen LogP contribution in [0.4, 0.5) is 0 Å². The fourth-order valence-electron chi connectivity index (χ4n) is 2.96. The molecule has 0 radical (unpaired) electrons. The number of carbonyl (C=O) groups is 1. The van der Waals surface area contributed by atoms with Gasteiger partial charge in [0, 0.05) is 10.0 Å². The van der Waals surface area contributed by atoms with Crippen LogP contribution in [0.15, 0.2) is 28.7 Å². The fourth-order valence-corrected chi connectivity index (χ4v) is 3.36. The Balaban J connectivity index is 1.91. The van der Waals surface area contributed by atoms with Gasteiger partial charge in [-0.3, -0.25) is 9.69 Å². The van der Waals surface area contributed by atoms with Gasteiger partial charge in [-0.15, -0.1) is 0 Å². The molecule has 0 bridgehead atoms. The molecule has 1 unspecified atom stereocenters. The van der Waals surface area contributed by atoms with Crippen molar-refractivity contribution in [1.82, 2.24) is 4.90 Å². The van der Waals surface area contributed by atoms with Gasteiger partial charge in [-0.05, 0) is 56.3 Å². The smallest absolute Gasteiger partial charge is 0.176 e. The van der Waals surface area contributed by atoms with Gasteiger partial charge in [0.15, 0.2) is 5.78 Å². The van der Waals surface area contributed by atoms with Crippen molar-refractivity contribution >= 4 is 21.7 Å². The quantitative estimate of drug-likeness (QED) is 0.759. The number of benzene rings is 1. The molecule has 0 N–H and O–H groups in total. The molecule has 3 heteroatoms. The first-order valence-corrected chi connectivity index (χ1v) is 8.36. The second kappa shape index (κ2) is 7.37. The zero-order valence-corrected chi connectivity index (χ0v) is 14.0. The van der Waals surface area contributed by atoms with E-state index in [9.17, 15) is 4.79 Å².